The van der Waals surface area contributed by atoms with Crippen LogP contribution >= 0.6 is 0 Å². The minimum absolute atomic E-state index is 0.0471. The standard InChI is InChI=1S/C25H26N10O3/c1-25(2,36)9-6-16-21-17(13-20(31-16)37-18(14-26)15-7-10-30-11-8-15)35(12-4-3-5-19(27)28)24(32-21)22-23(29)34-38-33-22/h7-8,10-11,13,18,36H,4,12,14,26H2,1-2H3,(H3,27,28)(H2,29,34)/t18-/m0/s1. The summed E-state index contributed by atoms with van der Waals surface area (Å²) in [4.78, 5) is 13.3. The molecule has 13 heteroatoms. The van der Waals surface area contributed by atoms with Crippen molar-refractivity contribution in [2.45, 2.75) is 38.5 Å². The average Bonchev–Trinajstić information content (AvgIpc) is 3.46. The Morgan fingerprint density at radius 1 is 1.26 bits per heavy atom. The van der Waals surface area contributed by atoms with E-state index in [0.29, 0.717) is 29.8 Å². The fourth-order valence-corrected chi connectivity index (χ4v) is 3.52. The van der Waals surface area contributed by atoms with E-state index in [4.69, 9.17) is 37.0 Å². The van der Waals surface area contributed by atoms with Crippen LogP contribution in [0.25, 0.3) is 22.6 Å². The van der Waals surface area contributed by atoms with Gasteiger partial charge in [-0.3, -0.25) is 10.4 Å². The second-order valence-corrected chi connectivity index (χ2v) is 8.66. The molecule has 4 aromatic heterocycles. The monoisotopic (exact) mass is 514 g/mol. The van der Waals surface area contributed by atoms with Crippen molar-refractivity contribution in [3.63, 3.8) is 0 Å². The molecule has 0 saturated carbocycles. The van der Waals surface area contributed by atoms with Gasteiger partial charge in [0.1, 0.15) is 22.9 Å². The van der Waals surface area contributed by atoms with E-state index < -0.39 is 11.7 Å². The molecule has 8 N–H and O–H groups in total. The summed E-state index contributed by atoms with van der Waals surface area (Å²) >= 11 is 0. The lowest BCUT2D eigenvalue weighted by molar-refractivity contribution is 0.143. The molecule has 4 rings (SSSR count). The van der Waals surface area contributed by atoms with Crippen molar-refractivity contribution in [3.05, 3.63) is 41.9 Å². The highest BCUT2D eigenvalue weighted by Gasteiger charge is 2.23. The number of rotatable bonds is 7. The zero-order chi connectivity index (χ0) is 27.3. The normalized spacial score (nSPS) is 11.8. The first-order chi connectivity index (χ1) is 18.2. The molecule has 0 aliphatic carbocycles. The molecule has 0 radical (unpaired) electrons. The van der Waals surface area contributed by atoms with Gasteiger partial charge in [0.15, 0.2) is 23.2 Å². The van der Waals surface area contributed by atoms with Crippen LogP contribution in [0.1, 0.15) is 37.6 Å². The minimum Gasteiger partial charge on any atom is -0.468 e. The van der Waals surface area contributed by atoms with Gasteiger partial charge in [-0.25, -0.2) is 14.6 Å². The van der Waals surface area contributed by atoms with Crippen molar-refractivity contribution >= 4 is 22.7 Å². The fraction of sp³-hybridized carbons (Fsp3) is 0.280. The maximum atomic E-state index is 10.2. The van der Waals surface area contributed by atoms with Crippen LogP contribution in [0.5, 0.6) is 5.88 Å². The summed E-state index contributed by atoms with van der Waals surface area (Å²) in [6, 6.07) is 5.32. The van der Waals surface area contributed by atoms with Crippen molar-refractivity contribution in [1.82, 2.24) is 29.8 Å². The second-order valence-electron chi connectivity index (χ2n) is 8.66. The molecule has 38 heavy (non-hydrogen) atoms. The largest absolute Gasteiger partial charge is 0.468 e. The van der Waals surface area contributed by atoms with Crippen LogP contribution in [0.4, 0.5) is 5.82 Å². The number of hydrogen-bond donors (Lipinski definition) is 5. The van der Waals surface area contributed by atoms with Crippen molar-refractivity contribution in [1.29, 1.82) is 5.41 Å². The van der Waals surface area contributed by atoms with Crippen molar-refractivity contribution < 1.29 is 14.5 Å². The zero-order valence-electron chi connectivity index (χ0n) is 20.8. The van der Waals surface area contributed by atoms with Gasteiger partial charge in [0.05, 0.1) is 5.52 Å². The lowest BCUT2D eigenvalue weighted by Crippen LogP contribution is -2.19. The number of aryl methyl sites for hydroxylation is 1. The van der Waals surface area contributed by atoms with E-state index in [1.54, 1.807) is 49.0 Å². The number of ether oxygens (including phenoxy) is 1. The van der Waals surface area contributed by atoms with Gasteiger partial charge in [0, 0.05) is 38.0 Å². The zero-order valence-corrected chi connectivity index (χ0v) is 20.8. The molecular formula is C25H26N10O3. The molecule has 1 atom stereocenters. The Morgan fingerprint density at radius 3 is 2.66 bits per heavy atom. The van der Waals surface area contributed by atoms with Crippen LogP contribution in [0, 0.1) is 29.1 Å². The number of nitrogen functional groups attached to an aromatic ring is 1. The lowest BCUT2D eigenvalue weighted by Gasteiger charge is -2.17. The van der Waals surface area contributed by atoms with E-state index in [1.165, 1.54) is 0 Å². The molecule has 0 unspecified atom stereocenters. The van der Waals surface area contributed by atoms with Gasteiger partial charge in [-0.2, -0.15) is 0 Å². The lowest BCUT2D eigenvalue weighted by atomic mass is 10.1. The number of pyridine rings is 2. The van der Waals surface area contributed by atoms with E-state index in [1.807, 2.05) is 0 Å². The molecule has 0 aliphatic rings. The molecular weight excluding hydrogens is 488 g/mol. The fourth-order valence-electron chi connectivity index (χ4n) is 3.52. The highest BCUT2D eigenvalue weighted by atomic mass is 16.6. The molecule has 0 aromatic carbocycles. The van der Waals surface area contributed by atoms with Crippen LogP contribution in [-0.2, 0) is 6.54 Å². The molecule has 0 saturated heterocycles. The van der Waals surface area contributed by atoms with Gasteiger partial charge in [0.2, 0.25) is 5.88 Å². The highest BCUT2D eigenvalue weighted by Crippen LogP contribution is 2.31. The summed E-state index contributed by atoms with van der Waals surface area (Å²) in [5, 5.41) is 25.1. The van der Waals surface area contributed by atoms with Gasteiger partial charge < -0.3 is 31.6 Å². The van der Waals surface area contributed by atoms with Crippen LogP contribution in [0.3, 0.4) is 0 Å². The number of nitrogens with zero attached hydrogens (tertiary/aromatic N) is 6. The molecule has 0 aliphatic heterocycles. The van der Waals surface area contributed by atoms with E-state index in [2.05, 4.69) is 44.0 Å². The third-order valence-corrected chi connectivity index (χ3v) is 5.16. The molecule has 13 nitrogen and oxygen atoms in total. The number of amidine groups is 1. The maximum Gasteiger partial charge on any atom is 0.217 e. The van der Waals surface area contributed by atoms with Crippen molar-refractivity contribution in [3.8, 4) is 41.1 Å². The first-order valence-electron chi connectivity index (χ1n) is 11.5. The van der Waals surface area contributed by atoms with Gasteiger partial charge in [-0.15, -0.1) is 0 Å². The predicted octanol–water partition coefficient (Wildman–Crippen LogP) is 0.989. The summed E-state index contributed by atoms with van der Waals surface area (Å²) in [5.41, 5.74) is 18.4. The van der Waals surface area contributed by atoms with Crippen molar-refractivity contribution in [2.75, 3.05) is 12.3 Å². The highest BCUT2D eigenvalue weighted by molar-refractivity contribution is 5.94. The van der Waals surface area contributed by atoms with Crippen LogP contribution in [0.2, 0.25) is 0 Å². The summed E-state index contributed by atoms with van der Waals surface area (Å²) < 4.78 is 12.8. The third kappa shape index (κ3) is 6.04. The predicted molar refractivity (Wildman–Crippen MR) is 139 cm³/mol. The second kappa shape index (κ2) is 11.0. The number of hydrogen-bond acceptors (Lipinski definition) is 11. The van der Waals surface area contributed by atoms with Crippen LogP contribution in [-0.4, -0.2) is 52.9 Å². The molecule has 0 bridgehead atoms. The number of anilines is 1. The topological polar surface area (TPSA) is 214 Å². The summed E-state index contributed by atoms with van der Waals surface area (Å²) in [5.74, 6) is 11.4. The third-order valence-electron chi connectivity index (χ3n) is 5.16. The van der Waals surface area contributed by atoms with E-state index in [-0.39, 0.29) is 35.5 Å². The minimum atomic E-state index is -1.28. The maximum absolute atomic E-state index is 10.2. The number of aliphatic hydroxyl groups is 1. The molecule has 0 fully saturated rings. The van der Waals surface area contributed by atoms with Gasteiger partial charge in [-0.1, -0.05) is 11.8 Å². The Kier molecular flexibility index (Phi) is 7.53. The Morgan fingerprint density at radius 2 is 2.03 bits per heavy atom. The molecule has 4 aromatic rings. The van der Waals surface area contributed by atoms with E-state index >= 15 is 0 Å². The average molecular weight is 515 g/mol. The summed E-state index contributed by atoms with van der Waals surface area (Å²) in [6.45, 7) is 3.63. The van der Waals surface area contributed by atoms with E-state index in [9.17, 15) is 5.11 Å². The SMILES string of the molecule is CC(C)(O)C#Cc1nc(O[C@@H](CN)c2ccncc2)cc2c1nc(-c1nonc1N)n2CCC#CC(=N)N. The Balaban J connectivity index is 1.90. The Labute approximate surface area is 217 Å². The van der Waals surface area contributed by atoms with Gasteiger partial charge in [-0.05, 0) is 53.7 Å². The number of imidazole rings is 1. The number of aromatic nitrogens is 6. The Bertz CT molecular complexity index is 1580. The summed E-state index contributed by atoms with van der Waals surface area (Å²) in [6.07, 6.45) is 3.12. The Hall–Kier alpha value is -4.98. The molecule has 0 amide bonds. The van der Waals surface area contributed by atoms with Crippen LogP contribution in [0.15, 0.2) is 35.2 Å². The quantitative estimate of drug-likeness (QED) is 0.133. The summed E-state index contributed by atoms with van der Waals surface area (Å²) in [7, 11) is 0. The van der Waals surface area contributed by atoms with Gasteiger partial charge >= 0.3 is 0 Å². The number of fused-ring (bicyclic) bond motifs is 1. The molecule has 4 heterocycles. The molecule has 194 valence electrons. The van der Waals surface area contributed by atoms with Gasteiger partial charge in [0.25, 0.3) is 0 Å². The smallest absolute Gasteiger partial charge is 0.217 e. The number of nitrogens with one attached hydrogen (secondary N) is 1. The number of nitrogens with two attached hydrogens (primary N) is 3. The molecule has 0 spiro atoms. The first kappa shape index (κ1) is 26.1. The van der Waals surface area contributed by atoms with Crippen LogP contribution < -0.4 is 21.9 Å². The van der Waals surface area contributed by atoms with Crippen molar-refractivity contribution in [2.24, 2.45) is 11.5 Å². The van der Waals surface area contributed by atoms with E-state index in [0.717, 1.165) is 5.56 Å². The first-order valence-corrected chi connectivity index (χ1v) is 11.5.